The highest BCUT2D eigenvalue weighted by Gasteiger charge is 2.27. The molecule has 0 fully saturated rings. The number of benzene rings is 2. The van der Waals surface area contributed by atoms with Crippen molar-refractivity contribution in [3.8, 4) is 5.75 Å². The third-order valence-corrected chi connectivity index (χ3v) is 7.53. The van der Waals surface area contributed by atoms with Gasteiger partial charge in [0.25, 0.3) is 0 Å². The van der Waals surface area contributed by atoms with Crippen LogP contribution in [0.3, 0.4) is 0 Å². The van der Waals surface area contributed by atoms with Crippen LogP contribution in [-0.2, 0) is 26.7 Å². The molecule has 0 saturated heterocycles. The standard InChI is InChI=1S/C18H22BrNO5S2/c1-4-26(21,22)25-17-7-5-6-15(12-17)13-20(14(2)3)27(23,24)18-10-8-16(19)9-11-18/h5-12,14H,4,13H2,1-3H3. The van der Waals surface area contributed by atoms with E-state index >= 15 is 0 Å². The first-order chi connectivity index (χ1) is 12.5. The molecule has 0 spiro atoms. The zero-order valence-corrected chi connectivity index (χ0v) is 18.5. The van der Waals surface area contributed by atoms with E-state index in [0.29, 0.717) is 5.56 Å². The van der Waals surface area contributed by atoms with Crippen molar-refractivity contribution in [3.63, 3.8) is 0 Å². The fraction of sp³-hybridized carbons (Fsp3) is 0.333. The summed E-state index contributed by atoms with van der Waals surface area (Å²) in [4.78, 5) is 0.195. The number of sulfonamides is 1. The Morgan fingerprint density at radius 3 is 2.22 bits per heavy atom. The Hall–Kier alpha value is -1.42. The molecule has 0 radical (unpaired) electrons. The van der Waals surface area contributed by atoms with Gasteiger partial charge in [-0.05, 0) is 62.7 Å². The van der Waals surface area contributed by atoms with Crippen LogP contribution in [0.15, 0.2) is 57.9 Å². The van der Waals surface area contributed by atoms with Gasteiger partial charge in [0, 0.05) is 17.1 Å². The molecule has 0 atom stereocenters. The lowest BCUT2D eigenvalue weighted by atomic mass is 10.2. The zero-order chi connectivity index (χ0) is 20.2. The molecular weight excluding hydrogens is 454 g/mol. The number of nitrogens with zero attached hydrogens (tertiary/aromatic N) is 1. The molecule has 0 heterocycles. The van der Waals surface area contributed by atoms with Gasteiger partial charge in [0.15, 0.2) is 0 Å². The van der Waals surface area contributed by atoms with Gasteiger partial charge in [0.1, 0.15) is 5.75 Å². The van der Waals surface area contributed by atoms with Crippen molar-refractivity contribution >= 4 is 36.1 Å². The Morgan fingerprint density at radius 1 is 1.04 bits per heavy atom. The van der Waals surface area contributed by atoms with E-state index in [9.17, 15) is 16.8 Å². The molecule has 0 aliphatic heterocycles. The van der Waals surface area contributed by atoms with E-state index in [2.05, 4.69) is 15.9 Å². The highest BCUT2D eigenvalue weighted by atomic mass is 79.9. The van der Waals surface area contributed by atoms with Gasteiger partial charge < -0.3 is 4.18 Å². The minimum Gasteiger partial charge on any atom is -0.382 e. The molecule has 0 saturated carbocycles. The summed E-state index contributed by atoms with van der Waals surface area (Å²) in [6.07, 6.45) is 0. The predicted octanol–water partition coefficient (Wildman–Crippen LogP) is 3.78. The van der Waals surface area contributed by atoms with Crippen molar-refractivity contribution < 1.29 is 21.0 Å². The zero-order valence-electron chi connectivity index (χ0n) is 15.3. The van der Waals surface area contributed by atoms with Crippen LogP contribution >= 0.6 is 15.9 Å². The minimum atomic E-state index is -3.71. The van der Waals surface area contributed by atoms with Crippen molar-refractivity contribution in [1.29, 1.82) is 0 Å². The van der Waals surface area contributed by atoms with Crippen LogP contribution in [-0.4, -0.2) is 32.9 Å². The van der Waals surface area contributed by atoms with E-state index in [1.807, 2.05) is 0 Å². The summed E-state index contributed by atoms with van der Waals surface area (Å²) in [6, 6.07) is 12.6. The maximum Gasteiger partial charge on any atom is 0.308 e. The molecule has 2 aromatic carbocycles. The Kier molecular flexibility index (Phi) is 7.07. The van der Waals surface area contributed by atoms with Crippen molar-refractivity contribution in [2.45, 2.75) is 38.3 Å². The summed E-state index contributed by atoms with van der Waals surface area (Å²) < 4.78 is 56.5. The summed E-state index contributed by atoms with van der Waals surface area (Å²) in [5.41, 5.74) is 0.633. The lowest BCUT2D eigenvalue weighted by Gasteiger charge is -2.26. The first-order valence-corrected chi connectivity index (χ1v) is 12.1. The van der Waals surface area contributed by atoms with Gasteiger partial charge in [0.2, 0.25) is 10.0 Å². The Morgan fingerprint density at radius 2 is 1.67 bits per heavy atom. The molecule has 0 aliphatic carbocycles. The van der Waals surface area contributed by atoms with Crippen molar-refractivity contribution in [2.24, 2.45) is 0 Å². The number of halogens is 1. The van der Waals surface area contributed by atoms with Gasteiger partial charge in [0.05, 0.1) is 10.6 Å². The SMILES string of the molecule is CCS(=O)(=O)Oc1cccc(CN(C(C)C)S(=O)(=O)c2ccc(Br)cc2)c1. The van der Waals surface area contributed by atoms with E-state index in [1.54, 1.807) is 56.3 Å². The normalized spacial score (nSPS) is 12.5. The second-order valence-electron chi connectivity index (χ2n) is 6.18. The topological polar surface area (TPSA) is 80.8 Å². The molecule has 0 aliphatic rings. The quantitative estimate of drug-likeness (QED) is 0.542. The van der Waals surface area contributed by atoms with Crippen LogP contribution in [0.5, 0.6) is 5.75 Å². The summed E-state index contributed by atoms with van der Waals surface area (Å²) in [6.45, 7) is 5.17. The van der Waals surface area contributed by atoms with Crippen LogP contribution in [0.2, 0.25) is 0 Å². The summed E-state index contributed by atoms with van der Waals surface area (Å²) in [7, 11) is -7.36. The lowest BCUT2D eigenvalue weighted by molar-refractivity contribution is 0.347. The molecule has 0 aromatic heterocycles. The number of hydrogen-bond donors (Lipinski definition) is 0. The molecule has 148 valence electrons. The monoisotopic (exact) mass is 475 g/mol. The molecular formula is C18H22BrNO5S2. The molecule has 2 aromatic rings. The minimum absolute atomic E-state index is 0.0967. The maximum absolute atomic E-state index is 13.0. The fourth-order valence-electron chi connectivity index (χ4n) is 2.37. The predicted molar refractivity (Wildman–Crippen MR) is 109 cm³/mol. The third-order valence-electron chi connectivity index (χ3n) is 3.81. The molecule has 0 bridgehead atoms. The second kappa shape index (κ2) is 8.72. The molecule has 0 amide bonds. The Labute approximate surface area is 169 Å². The third kappa shape index (κ3) is 5.78. The van der Waals surface area contributed by atoms with Crippen molar-refractivity contribution in [1.82, 2.24) is 4.31 Å². The molecule has 2 rings (SSSR count). The van der Waals surface area contributed by atoms with E-state index in [1.165, 1.54) is 17.3 Å². The molecule has 9 heteroatoms. The smallest absolute Gasteiger partial charge is 0.308 e. The molecule has 0 unspecified atom stereocenters. The highest BCUT2D eigenvalue weighted by Crippen LogP contribution is 2.24. The highest BCUT2D eigenvalue weighted by molar-refractivity contribution is 9.10. The summed E-state index contributed by atoms with van der Waals surface area (Å²) in [5.74, 6) is 0.0203. The van der Waals surface area contributed by atoms with Gasteiger partial charge in [-0.15, -0.1) is 0 Å². The largest absolute Gasteiger partial charge is 0.382 e. The van der Waals surface area contributed by atoms with E-state index in [-0.39, 0.29) is 29.0 Å². The van der Waals surface area contributed by atoms with Gasteiger partial charge in [-0.1, -0.05) is 28.1 Å². The van der Waals surface area contributed by atoms with Crippen molar-refractivity contribution in [3.05, 3.63) is 58.6 Å². The average Bonchev–Trinajstić information content (AvgIpc) is 2.59. The lowest BCUT2D eigenvalue weighted by Crippen LogP contribution is -2.36. The number of hydrogen-bond acceptors (Lipinski definition) is 5. The van der Waals surface area contributed by atoms with Crippen LogP contribution < -0.4 is 4.18 Å². The second-order valence-corrected chi connectivity index (χ2v) is 10.8. The summed E-state index contributed by atoms with van der Waals surface area (Å²) in [5, 5.41) is 0. The van der Waals surface area contributed by atoms with Crippen LogP contribution in [0.1, 0.15) is 26.3 Å². The van der Waals surface area contributed by atoms with Crippen LogP contribution in [0.4, 0.5) is 0 Å². The van der Waals surface area contributed by atoms with E-state index in [4.69, 9.17) is 4.18 Å². The van der Waals surface area contributed by atoms with E-state index in [0.717, 1.165) is 4.47 Å². The van der Waals surface area contributed by atoms with Crippen LogP contribution in [0.25, 0.3) is 0 Å². The maximum atomic E-state index is 13.0. The number of rotatable bonds is 8. The molecule has 27 heavy (non-hydrogen) atoms. The van der Waals surface area contributed by atoms with E-state index < -0.39 is 20.1 Å². The fourth-order valence-corrected chi connectivity index (χ4v) is 4.77. The van der Waals surface area contributed by atoms with Gasteiger partial charge >= 0.3 is 10.1 Å². The van der Waals surface area contributed by atoms with Crippen molar-refractivity contribution in [2.75, 3.05) is 5.75 Å². The Balaban J connectivity index is 2.33. The first kappa shape index (κ1) is 21.9. The molecule has 6 nitrogen and oxygen atoms in total. The van der Waals surface area contributed by atoms with Gasteiger partial charge in [-0.25, -0.2) is 8.42 Å². The van der Waals surface area contributed by atoms with Gasteiger partial charge in [-0.2, -0.15) is 12.7 Å². The first-order valence-electron chi connectivity index (χ1n) is 8.33. The Bertz CT molecular complexity index is 987. The van der Waals surface area contributed by atoms with Crippen LogP contribution in [0, 0.1) is 0 Å². The average molecular weight is 476 g/mol. The molecule has 0 N–H and O–H groups in total. The van der Waals surface area contributed by atoms with Gasteiger partial charge in [-0.3, -0.25) is 0 Å². The summed E-state index contributed by atoms with van der Waals surface area (Å²) >= 11 is 3.30.